The van der Waals surface area contributed by atoms with E-state index >= 15 is 0 Å². The Hall–Kier alpha value is -1.93. The molecule has 1 rings (SSSR count). The highest BCUT2D eigenvalue weighted by Crippen LogP contribution is 2.22. The minimum atomic E-state index is -3.61. The molecule has 0 bridgehead atoms. The number of benzene rings is 1. The van der Waals surface area contributed by atoms with Crippen LogP contribution in [0, 0.1) is 6.92 Å². The van der Waals surface area contributed by atoms with Gasteiger partial charge in [0.2, 0.25) is 15.9 Å². The number of hydrogen-bond acceptors (Lipinski definition) is 4. The molecule has 1 amide bonds. The van der Waals surface area contributed by atoms with Gasteiger partial charge in [-0.25, -0.2) is 12.7 Å². The maximum atomic E-state index is 12.0. The summed E-state index contributed by atoms with van der Waals surface area (Å²) in [6, 6.07) is 4.29. The number of aryl methyl sites for hydroxylation is 1. The number of aliphatic carboxylic acids is 1. The van der Waals surface area contributed by atoms with Crippen molar-refractivity contribution in [1.82, 2.24) is 4.31 Å². The van der Waals surface area contributed by atoms with Crippen LogP contribution in [-0.4, -0.2) is 43.8 Å². The van der Waals surface area contributed by atoms with Crippen molar-refractivity contribution in [2.45, 2.75) is 18.2 Å². The number of rotatable bonds is 5. The van der Waals surface area contributed by atoms with Crippen LogP contribution in [0.15, 0.2) is 23.1 Å². The molecule has 1 aromatic rings. The van der Waals surface area contributed by atoms with Crippen molar-refractivity contribution in [2.75, 3.05) is 19.4 Å². The molecule has 0 saturated heterocycles. The van der Waals surface area contributed by atoms with Crippen molar-refractivity contribution in [3.8, 4) is 0 Å². The molecule has 0 unspecified atom stereocenters. The van der Waals surface area contributed by atoms with E-state index in [0.29, 0.717) is 5.56 Å². The first-order chi connectivity index (χ1) is 9.14. The highest BCUT2D eigenvalue weighted by Gasteiger charge is 2.19. The van der Waals surface area contributed by atoms with Crippen molar-refractivity contribution in [1.29, 1.82) is 0 Å². The first-order valence-electron chi connectivity index (χ1n) is 5.69. The molecule has 2 N–H and O–H groups in total. The van der Waals surface area contributed by atoms with E-state index in [-0.39, 0.29) is 10.6 Å². The molecular weight excluding hydrogens is 284 g/mol. The molecule has 0 radical (unpaired) electrons. The summed E-state index contributed by atoms with van der Waals surface area (Å²) in [4.78, 5) is 21.9. The van der Waals surface area contributed by atoms with Gasteiger partial charge in [0.1, 0.15) is 6.42 Å². The lowest BCUT2D eigenvalue weighted by atomic mass is 10.2. The summed E-state index contributed by atoms with van der Waals surface area (Å²) >= 11 is 0. The van der Waals surface area contributed by atoms with Crippen molar-refractivity contribution in [3.63, 3.8) is 0 Å². The van der Waals surface area contributed by atoms with E-state index in [9.17, 15) is 18.0 Å². The fourth-order valence-electron chi connectivity index (χ4n) is 1.44. The Bertz CT molecular complexity index is 637. The second kappa shape index (κ2) is 6.02. The number of nitrogens with one attached hydrogen (secondary N) is 1. The number of sulfonamides is 1. The van der Waals surface area contributed by atoms with Gasteiger partial charge in [0, 0.05) is 19.8 Å². The van der Waals surface area contributed by atoms with Crippen LogP contribution in [0.4, 0.5) is 5.69 Å². The fraction of sp³-hybridized carbons (Fsp3) is 0.333. The summed E-state index contributed by atoms with van der Waals surface area (Å²) in [5.41, 5.74) is 0.917. The van der Waals surface area contributed by atoms with E-state index in [2.05, 4.69) is 5.32 Å². The summed E-state index contributed by atoms with van der Waals surface area (Å²) in [5, 5.41) is 10.9. The predicted molar refractivity (Wildman–Crippen MR) is 72.9 cm³/mol. The summed E-state index contributed by atoms with van der Waals surface area (Å²) in [6.45, 7) is 1.68. The number of anilines is 1. The number of carboxylic acids is 1. The van der Waals surface area contributed by atoms with Gasteiger partial charge in [0.25, 0.3) is 0 Å². The normalized spacial score (nSPS) is 11.4. The molecule has 20 heavy (non-hydrogen) atoms. The molecule has 0 fully saturated rings. The summed E-state index contributed by atoms with van der Waals surface area (Å²) in [6.07, 6.45) is -0.676. The van der Waals surface area contributed by atoms with Crippen LogP contribution in [0.1, 0.15) is 12.0 Å². The largest absolute Gasteiger partial charge is 0.481 e. The molecule has 0 atom stereocenters. The maximum Gasteiger partial charge on any atom is 0.312 e. The van der Waals surface area contributed by atoms with Crippen LogP contribution in [0.2, 0.25) is 0 Å². The fourth-order valence-corrected chi connectivity index (χ4v) is 2.37. The van der Waals surface area contributed by atoms with E-state index < -0.39 is 28.3 Å². The number of nitrogens with zero attached hydrogens (tertiary/aromatic N) is 1. The van der Waals surface area contributed by atoms with Crippen LogP contribution in [0.5, 0.6) is 0 Å². The molecule has 110 valence electrons. The van der Waals surface area contributed by atoms with Crippen LogP contribution < -0.4 is 5.32 Å². The maximum absolute atomic E-state index is 12.0. The van der Waals surface area contributed by atoms with E-state index in [0.717, 1.165) is 4.31 Å². The van der Waals surface area contributed by atoms with Gasteiger partial charge in [-0.2, -0.15) is 0 Å². The number of carbonyl (C=O) groups excluding carboxylic acids is 1. The van der Waals surface area contributed by atoms with Gasteiger partial charge in [-0.15, -0.1) is 0 Å². The molecule has 0 saturated carbocycles. The van der Waals surface area contributed by atoms with Crippen LogP contribution >= 0.6 is 0 Å². The molecule has 0 aromatic heterocycles. The van der Waals surface area contributed by atoms with Gasteiger partial charge in [0.15, 0.2) is 0 Å². The molecule has 1 aromatic carbocycles. The monoisotopic (exact) mass is 300 g/mol. The van der Waals surface area contributed by atoms with Crippen LogP contribution in [0.3, 0.4) is 0 Å². The molecular formula is C12H16N2O5S. The average Bonchev–Trinajstić information content (AvgIpc) is 2.30. The molecule has 7 nitrogen and oxygen atoms in total. The molecule has 0 aliphatic rings. The third-order valence-corrected chi connectivity index (χ3v) is 4.38. The second-order valence-corrected chi connectivity index (χ2v) is 6.53. The zero-order chi connectivity index (χ0) is 15.5. The van der Waals surface area contributed by atoms with Gasteiger partial charge >= 0.3 is 5.97 Å². The van der Waals surface area contributed by atoms with Crippen molar-refractivity contribution in [2.24, 2.45) is 0 Å². The smallest absolute Gasteiger partial charge is 0.312 e. The van der Waals surface area contributed by atoms with E-state index in [1.54, 1.807) is 13.0 Å². The quantitative estimate of drug-likeness (QED) is 0.777. The SMILES string of the molecule is Cc1ccc(S(=O)(=O)N(C)C)cc1NC(=O)CC(=O)O. The van der Waals surface area contributed by atoms with E-state index in [1.807, 2.05) is 0 Å². The van der Waals surface area contributed by atoms with Crippen LogP contribution in [-0.2, 0) is 19.6 Å². The Balaban J connectivity index is 3.10. The molecule has 0 aliphatic carbocycles. The Labute approximate surface area is 117 Å². The van der Waals surface area contributed by atoms with Gasteiger partial charge in [0.05, 0.1) is 4.90 Å². The topological polar surface area (TPSA) is 104 Å². The first-order valence-corrected chi connectivity index (χ1v) is 7.13. The lowest BCUT2D eigenvalue weighted by molar-refractivity contribution is -0.139. The lowest BCUT2D eigenvalue weighted by Gasteiger charge is -2.14. The first kappa shape index (κ1) is 16.1. The zero-order valence-electron chi connectivity index (χ0n) is 11.4. The van der Waals surface area contributed by atoms with E-state index in [4.69, 9.17) is 5.11 Å². The van der Waals surface area contributed by atoms with Gasteiger partial charge in [-0.05, 0) is 24.6 Å². The predicted octanol–water partition coefficient (Wildman–Crippen LogP) is 0.659. The third-order valence-electron chi connectivity index (χ3n) is 2.57. The number of hydrogen-bond donors (Lipinski definition) is 2. The summed E-state index contributed by atoms with van der Waals surface area (Å²) in [5.74, 6) is -1.96. The second-order valence-electron chi connectivity index (χ2n) is 4.38. The number of carbonyl (C=O) groups is 2. The van der Waals surface area contributed by atoms with Crippen LogP contribution in [0.25, 0.3) is 0 Å². The average molecular weight is 300 g/mol. The molecule has 0 heterocycles. The zero-order valence-corrected chi connectivity index (χ0v) is 12.2. The molecule has 0 spiro atoms. The highest BCUT2D eigenvalue weighted by molar-refractivity contribution is 7.89. The van der Waals surface area contributed by atoms with Crippen molar-refractivity contribution in [3.05, 3.63) is 23.8 Å². The standard InChI is InChI=1S/C12H16N2O5S/c1-8-4-5-9(20(18,19)14(2)3)6-10(8)13-11(15)7-12(16)17/h4-6H,7H2,1-3H3,(H,13,15)(H,16,17). The minimum Gasteiger partial charge on any atom is -0.481 e. The number of amides is 1. The Morgan fingerprint density at radius 1 is 1.30 bits per heavy atom. The third kappa shape index (κ3) is 3.78. The molecule has 0 aliphatic heterocycles. The van der Waals surface area contributed by atoms with Crippen molar-refractivity contribution >= 4 is 27.6 Å². The summed E-state index contributed by atoms with van der Waals surface area (Å²) < 4.78 is 25.0. The molecule has 8 heteroatoms. The Morgan fingerprint density at radius 2 is 1.90 bits per heavy atom. The van der Waals surface area contributed by atoms with Gasteiger partial charge in [-0.1, -0.05) is 6.07 Å². The Morgan fingerprint density at radius 3 is 2.40 bits per heavy atom. The summed E-state index contributed by atoms with van der Waals surface area (Å²) in [7, 11) is -0.808. The van der Waals surface area contributed by atoms with Crippen molar-refractivity contribution < 1.29 is 23.1 Å². The minimum absolute atomic E-state index is 0.0266. The van der Waals surface area contributed by atoms with E-state index in [1.165, 1.54) is 26.2 Å². The van der Waals surface area contributed by atoms with Gasteiger partial charge < -0.3 is 10.4 Å². The van der Waals surface area contributed by atoms with Gasteiger partial charge in [-0.3, -0.25) is 9.59 Å². The number of carboxylic acid groups (broad SMARTS) is 1. The lowest BCUT2D eigenvalue weighted by Crippen LogP contribution is -2.23. The highest BCUT2D eigenvalue weighted by atomic mass is 32.2. The Kier molecular flexibility index (Phi) is 4.85.